The van der Waals surface area contributed by atoms with Gasteiger partial charge in [0.05, 0.1) is 0 Å². The van der Waals surface area contributed by atoms with Crippen molar-refractivity contribution < 1.29 is 4.79 Å². The van der Waals surface area contributed by atoms with Gasteiger partial charge in [0.25, 0.3) is 5.91 Å². The highest BCUT2D eigenvalue weighted by Crippen LogP contribution is 2.29. The van der Waals surface area contributed by atoms with E-state index in [1.165, 1.54) is 0 Å². The molecule has 144 valence electrons. The van der Waals surface area contributed by atoms with E-state index in [1.54, 1.807) is 0 Å². The number of imidazole rings is 1. The molecule has 0 aliphatic carbocycles. The lowest BCUT2D eigenvalue weighted by Crippen LogP contribution is -2.38. The molecule has 0 saturated carbocycles. The SMILES string of the molecule is CC(C)n1ccnc1C1CCN(C(=O)c2cccc(-c3ccccc3)c2)CC1. The molecule has 2 aromatic carbocycles. The molecule has 1 aliphatic heterocycles. The zero-order valence-corrected chi connectivity index (χ0v) is 16.6. The summed E-state index contributed by atoms with van der Waals surface area (Å²) < 4.78 is 2.26. The number of hydrogen-bond acceptors (Lipinski definition) is 2. The number of nitrogens with zero attached hydrogens (tertiary/aromatic N) is 3. The van der Waals surface area contributed by atoms with E-state index in [0.717, 1.165) is 48.4 Å². The molecule has 4 nitrogen and oxygen atoms in total. The van der Waals surface area contributed by atoms with Crippen LogP contribution in [0.15, 0.2) is 67.0 Å². The van der Waals surface area contributed by atoms with Crippen molar-refractivity contribution in [2.24, 2.45) is 0 Å². The van der Waals surface area contributed by atoms with Crippen molar-refractivity contribution in [3.8, 4) is 11.1 Å². The zero-order valence-electron chi connectivity index (χ0n) is 16.6. The number of benzene rings is 2. The Kier molecular flexibility index (Phi) is 5.29. The summed E-state index contributed by atoms with van der Waals surface area (Å²) in [5.41, 5.74) is 2.99. The second-order valence-electron chi connectivity index (χ2n) is 7.80. The molecule has 0 spiro atoms. The van der Waals surface area contributed by atoms with Gasteiger partial charge < -0.3 is 9.47 Å². The highest BCUT2D eigenvalue weighted by molar-refractivity contribution is 5.95. The molecule has 3 aromatic rings. The summed E-state index contributed by atoms with van der Waals surface area (Å²) in [6, 6.07) is 18.6. The van der Waals surface area contributed by atoms with Crippen LogP contribution in [0.3, 0.4) is 0 Å². The fourth-order valence-electron chi connectivity index (χ4n) is 4.06. The summed E-state index contributed by atoms with van der Waals surface area (Å²) in [5.74, 6) is 1.72. The third-order valence-corrected chi connectivity index (χ3v) is 5.62. The van der Waals surface area contributed by atoms with Crippen molar-refractivity contribution in [1.82, 2.24) is 14.5 Å². The molecule has 4 rings (SSSR count). The zero-order chi connectivity index (χ0) is 19.5. The third-order valence-electron chi connectivity index (χ3n) is 5.62. The van der Waals surface area contributed by atoms with Crippen LogP contribution in [0.2, 0.25) is 0 Å². The fraction of sp³-hybridized carbons (Fsp3) is 0.333. The number of rotatable bonds is 4. The smallest absolute Gasteiger partial charge is 0.253 e. The maximum absolute atomic E-state index is 13.1. The summed E-state index contributed by atoms with van der Waals surface area (Å²) in [6.07, 6.45) is 5.89. The predicted molar refractivity (Wildman–Crippen MR) is 112 cm³/mol. The van der Waals surface area contributed by atoms with Gasteiger partial charge in [-0.2, -0.15) is 0 Å². The molecule has 28 heavy (non-hydrogen) atoms. The van der Waals surface area contributed by atoms with E-state index in [2.05, 4.69) is 47.8 Å². The highest BCUT2D eigenvalue weighted by Gasteiger charge is 2.27. The Morgan fingerprint density at radius 3 is 2.43 bits per heavy atom. The van der Waals surface area contributed by atoms with E-state index >= 15 is 0 Å². The first-order valence-electron chi connectivity index (χ1n) is 10.1. The summed E-state index contributed by atoms with van der Waals surface area (Å²) in [4.78, 5) is 19.6. The minimum absolute atomic E-state index is 0.128. The molecular weight excluding hydrogens is 346 g/mol. The van der Waals surface area contributed by atoms with E-state index in [-0.39, 0.29) is 5.91 Å². The normalized spacial score (nSPS) is 15.2. The number of carbonyl (C=O) groups is 1. The molecule has 0 unspecified atom stereocenters. The maximum atomic E-state index is 13.1. The summed E-state index contributed by atoms with van der Waals surface area (Å²) in [6.45, 7) is 5.93. The van der Waals surface area contributed by atoms with Crippen LogP contribution in [0.4, 0.5) is 0 Å². The van der Waals surface area contributed by atoms with Gasteiger partial charge in [0, 0.05) is 43.0 Å². The second-order valence-corrected chi connectivity index (χ2v) is 7.80. The summed E-state index contributed by atoms with van der Waals surface area (Å²) in [5, 5.41) is 0. The van der Waals surface area contributed by atoms with Crippen LogP contribution in [0.25, 0.3) is 11.1 Å². The van der Waals surface area contributed by atoms with Crippen molar-refractivity contribution in [2.45, 2.75) is 38.6 Å². The topological polar surface area (TPSA) is 38.1 Å². The van der Waals surface area contributed by atoms with E-state index in [9.17, 15) is 4.79 Å². The number of carbonyl (C=O) groups excluding carboxylic acids is 1. The molecule has 2 heterocycles. The molecule has 0 atom stereocenters. The first-order valence-corrected chi connectivity index (χ1v) is 10.1. The Morgan fingerprint density at radius 1 is 1.00 bits per heavy atom. The van der Waals surface area contributed by atoms with Crippen molar-refractivity contribution >= 4 is 5.91 Å². The van der Waals surface area contributed by atoms with Crippen LogP contribution >= 0.6 is 0 Å². The van der Waals surface area contributed by atoms with Gasteiger partial charge in [-0.15, -0.1) is 0 Å². The van der Waals surface area contributed by atoms with Crippen LogP contribution in [0.1, 0.15) is 54.8 Å². The number of amides is 1. The lowest BCUT2D eigenvalue weighted by atomic mass is 9.95. The Labute approximate surface area is 166 Å². The van der Waals surface area contributed by atoms with Crippen LogP contribution in [-0.4, -0.2) is 33.4 Å². The lowest BCUT2D eigenvalue weighted by Gasteiger charge is -2.32. The first-order chi connectivity index (χ1) is 13.6. The fourth-order valence-corrected chi connectivity index (χ4v) is 4.06. The molecule has 4 heteroatoms. The molecule has 1 fully saturated rings. The number of hydrogen-bond donors (Lipinski definition) is 0. The quantitative estimate of drug-likeness (QED) is 0.634. The number of aromatic nitrogens is 2. The van der Waals surface area contributed by atoms with Gasteiger partial charge in [-0.25, -0.2) is 4.98 Å². The molecule has 1 saturated heterocycles. The summed E-state index contributed by atoms with van der Waals surface area (Å²) >= 11 is 0. The molecule has 0 N–H and O–H groups in total. The molecule has 0 bridgehead atoms. The van der Waals surface area contributed by atoms with E-state index < -0.39 is 0 Å². The minimum atomic E-state index is 0.128. The summed E-state index contributed by atoms with van der Waals surface area (Å²) in [7, 11) is 0. The minimum Gasteiger partial charge on any atom is -0.339 e. The van der Waals surface area contributed by atoms with Gasteiger partial charge >= 0.3 is 0 Å². The average molecular weight is 374 g/mol. The van der Waals surface area contributed by atoms with Crippen molar-refractivity contribution in [1.29, 1.82) is 0 Å². The second kappa shape index (κ2) is 8.01. The van der Waals surface area contributed by atoms with Crippen molar-refractivity contribution in [3.05, 3.63) is 78.4 Å². The van der Waals surface area contributed by atoms with E-state index in [1.807, 2.05) is 47.5 Å². The number of piperidine rings is 1. The average Bonchev–Trinajstić information content (AvgIpc) is 3.24. The van der Waals surface area contributed by atoms with E-state index in [4.69, 9.17) is 0 Å². The Bertz CT molecular complexity index is 937. The van der Waals surface area contributed by atoms with Crippen LogP contribution in [-0.2, 0) is 0 Å². The third kappa shape index (κ3) is 3.72. The van der Waals surface area contributed by atoms with Gasteiger partial charge in [0.2, 0.25) is 0 Å². The molecule has 0 radical (unpaired) electrons. The molecule has 1 aliphatic rings. The van der Waals surface area contributed by atoms with Gasteiger partial charge in [0.1, 0.15) is 5.82 Å². The maximum Gasteiger partial charge on any atom is 0.253 e. The predicted octanol–water partition coefficient (Wildman–Crippen LogP) is 5.15. The van der Waals surface area contributed by atoms with Crippen LogP contribution in [0.5, 0.6) is 0 Å². The highest BCUT2D eigenvalue weighted by atomic mass is 16.2. The molecular formula is C24H27N3O. The lowest BCUT2D eigenvalue weighted by molar-refractivity contribution is 0.0710. The number of likely N-dealkylation sites (tertiary alicyclic amines) is 1. The Morgan fingerprint density at radius 2 is 1.71 bits per heavy atom. The van der Waals surface area contributed by atoms with Crippen molar-refractivity contribution in [3.63, 3.8) is 0 Å². The largest absolute Gasteiger partial charge is 0.339 e. The first kappa shape index (κ1) is 18.5. The standard InChI is InChI=1S/C24H27N3O/c1-18(2)27-16-13-25-23(27)20-11-14-26(15-12-20)24(28)22-10-6-9-21(17-22)19-7-4-3-5-8-19/h3-10,13,16-18,20H,11-12,14-15H2,1-2H3. The monoisotopic (exact) mass is 373 g/mol. The molecule has 1 amide bonds. The molecule has 1 aromatic heterocycles. The van der Waals surface area contributed by atoms with Crippen LogP contribution < -0.4 is 0 Å². The van der Waals surface area contributed by atoms with Gasteiger partial charge in [-0.05, 0) is 49.9 Å². The van der Waals surface area contributed by atoms with Gasteiger partial charge in [0.15, 0.2) is 0 Å². The Balaban J connectivity index is 1.45. The van der Waals surface area contributed by atoms with Crippen molar-refractivity contribution in [2.75, 3.05) is 13.1 Å². The Hall–Kier alpha value is -2.88. The van der Waals surface area contributed by atoms with E-state index in [0.29, 0.717) is 12.0 Å². The van der Waals surface area contributed by atoms with Gasteiger partial charge in [-0.3, -0.25) is 4.79 Å². The van der Waals surface area contributed by atoms with Gasteiger partial charge in [-0.1, -0.05) is 42.5 Å². The van der Waals surface area contributed by atoms with Crippen LogP contribution in [0, 0.1) is 0 Å².